The molecule has 0 fully saturated rings. The minimum absolute atomic E-state index is 0.373. The quantitative estimate of drug-likeness (QED) is 0.782. The first-order valence-electron chi connectivity index (χ1n) is 6.14. The van der Waals surface area contributed by atoms with Gasteiger partial charge >= 0.3 is 0 Å². The molecule has 0 aliphatic heterocycles. The molecule has 0 saturated heterocycles. The third kappa shape index (κ3) is 3.37. The van der Waals surface area contributed by atoms with Crippen LogP contribution in [0.25, 0.3) is 0 Å². The van der Waals surface area contributed by atoms with Crippen molar-refractivity contribution in [2.24, 2.45) is 0 Å². The predicted molar refractivity (Wildman–Crippen MR) is 82.5 cm³/mol. The Labute approximate surface area is 118 Å². The highest BCUT2D eigenvalue weighted by molar-refractivity contribution is 7.98. The first kappa shape index (κ1) is 13.7. The van der Waals surface area contributed by atoms with Crippen molar-refractivity contribution >= 4 is 23.1 Å². The van der Waals surface area contributed by atoms with E-state index in [-0.39, 0.29) is 0 Å². The molecule has 1 unspecified atom stereocenters. The molecule has 96 valence electrons. The lowest BCUT2D eigenvalue weighted by atomic mass is 10.1. The molecule has 2 aromatic rings. The van der Waals surface area contributed by atoms with Crippen molar-refractivity contribution in [2.45, 2.75) is 30.8 Å². The fraction of sp³-hybridized carbons (Fsp3) is 0.333. The SMILES string of the molecule is CSc1ccc(C(C)N[C@H](C)c2cccs2)cc1. The summed E-state index contributed by atoms with van der Waals surface area (Å²) in [5.41, 5.74) is 1.34. The van der Waals surface area contributed by atoms with Gasteiger partial charge in [0.25, 0.3) is 0 Å². The van der Waals surface area contributed by atoms with E-state index in [0.717, 1.165) is 0 Å². The Morgan fingerprint density at radius 1 is 1.06 bits per heavy atom. The summed E-state index contributed by atoms with van der Waals surface area (Å²) in [6, 6.07) is 13.9. The van der Waals surface area contributed by atoms with Gasteiger partial charge in [-0.25, -0.2) is 0 Å². The van der Waals surface area contributed by atoms with Crippen molar-refractivity contribution in [3.05, 3.63) is 52.2 Å². The molecule has 1 aromatic carbocycles. The lowest BCUT2D eigenvalue weighted by Crippen LogP contribution is -2.21. The topological polar surface area (TPSA) is 12.0 Å². The van der Waals surface area contributed by atoms with E-state index in [1.807, 2.05) is 11.3 Å². The van der Waals surface area contributed by atoms with Crippen LogP contribution in [0.3, 0.4) is 0 Å². The summed E-state index contributed by atoms with van der Waals surface area (Å²) < 4.78 is 0. The average molecular weight is 277 g/mol. The molecule has 0 bridgehead atoms. The second-order valence-electron chi connectivity index (χ2n) is 4.40. The minimum atomic E-state index is 0.373. The van der Waals surface area contributed by atoms with Crippen LogP contribution >= 0.6 is 23.1 Å². The van der Waals surface area contributed by atoms with Crippen LogP contribution in [0.5, 0.6) is 0 Å². The Bertz CT molecular complexity index is 462. The number of hydrogen-bond donors (Lipinski definition) is 1. The van der Waals surface area contributed by atoms with Gasteiger partial charge in [0.05, 0.1) is 0 Å². The monoisotopic (exact) mass is 277 g/mol. The van der Waals surface area contributed by atoms with Gasteiger partial charge in [0.15, 0.2) is 0 Å². The summed E-state index contributed by atoms with van der Waals surface area (Å²) in [5.74, 6) is 0. The highest BCUT2D eigenvalue weighted by atomic mass is 32.2. The van der Waals surface area contributed by atoms with Crippen LogP contribution in [0.15, 0.2) is 46.7 Å². The van der Waals surface area contributed by atoms with E-state index in [1.54, 1.807) is 11.8 Å². The Morgan fingerprint density at radius 2 is 1.78 bits per heavy atom. The van der Waals surface area contributed by atoms with Crippen molar-refractivity contribution in [3.8, 4) is 0 Å². The van der Waals surface area contributed by atoms with Gasteiger partial charge in [-0.3, -0.25) is 0 Å². The molecule has 2 atom stereocenters. The predicted octanol–water partition coefficient (Wildman–Crippen LogP) is 4.88. The van der Waals surface area contributed by atoms with E-state index in [4.69, 9.17) is 0 Å². The molecule has 0 saturated carbocycles. The number of thiophene rings is 1. The highest BCUT2D eigenvalue weighted by Gasteiger charge is 2.11. The molecule has 0 aliphatic rings. The van der Waals surface area contributed by atoms with Gasteiger partial charge in [0, 0.05) is 21.9 Å². The standard InChI is InChI=1S/C15H19NS2/c1-11(13-6-8-14(17-3)9-7-13)16-12(2)15-5-4-10-18-15/h4-12,16H,1-3H3/t11?,12-/m1/s1. The Balaban J connectivity index is 2.00. The first-order valence-corrected chi connectivity index (χ1v) is 8.24. The zero-order valence-corrected chi connectivity index (χ0v) is 12.6. The number of nitrogens with one attached hydrogen (secondary N) is 1. The summed E-state index contributed by atoms with van der Waals surface area (Å²) in [4.78, 5) is 2.71. The molecule has 0 spiro atoms. The molecule has 1 aromatic heterocycles. The average Bonchev–Trinajstić information content (AvgIpc) is 2.92. The van der Waals surface area contributed by atoms with Crippen molar-refractivity contribution in [2.75, 3.05) is 6.26 Å². The fourth-order valence-electron chi connectivity index (χ4n) is 1.98. The van der Waals surface area contributed by atoms with Crippen LogP contribution < -0.4 is 5.32 Å². The zero-order chi connectivity index (χ0) is 13.0. The summed E-state index contributed by atoms with van der Waals surface area (Å²) in [7, 11) is 0. The second-order valence-corrected chi connectivity index (χ2v) is 6.26. The van der Waals surface area contributed by atoms with Gasteiger partial charge in [-0.05, 0) is 49.2 Å². The van der Waals surface area contributed by atoms with Crippen molar-refractivity contribution in [1.82, 2.24) is 5.32 Å². The van der Waals surface area contributed by atoms with Gasteiger partial charge in [0.1, 0.15) is 0 Å². The molecule has 3 heteroatoms. The van der Waals surface area contributed by atoms with Crippen LogP contribution in [0.1, 0.15) is 36.4 Å². The zero-order valence-electron chi connectivity index (χ0n) is 11.0. The fourth-order valence-corrected chi connectivity index (χ4v) is 3.14. The van der Waals surface area contributed by atoms with E-state index in [2.05, 4.69) is 67.2 Å². The third-order valence-electron chi connectivity index (χ3n) is 3.09. The molecule has 1 nitrogen and oxygen atoms in total. The van der Waals surface area contributed by atoms with E-state index in [9.17, 15) is 0 Å². The summed E-state index contributed by atoms with van der Waals surface area (Å²) in [6.07, 6.45) is 2.11. The van der Waals surface area contributed by atoms with Crippen LogP contribution in [0.4, 0.5) is 0 Å². The summed E-state index contributed by atoms with van der Waals surface area (Å²) in [6.45, 7) is 4.44. The molecule has 1 N–H and O–H groups in total. The Hall–Kier alpha value is -0.770. The van der Waals surface area contributed by atoms with Gasteiger partial charge in [-0.1, -0.05) is 18.2 Å². The van der Waals surface area contributed by atoms with Crippen molar-refractivity contribution < 1.29 is 0 Å². The maximum Gasteiger partial charge on any atom is 0.0391 e. The molecule has 0 aliphatic carbocycles. The molecule has 1 heterocycles. The van der Waals surface area contributed by atoms with Crippen LogP contribution in [-0.2, 0) is 0 Å². The lowest BCUT2D eigenvalue weighted by molar-refractivity contribution is 0.500. The maximum absolute atomic E-state index is 3.64. The molecular weight excluding hydrogens is 258 g/mol. The Kier molecular flexibility index (Phi) is 4.87. The first-order chi connectivity index (χ1) is 8.70. The second kappa shape index (κ2) is 6.41. The highest BCUT2D eigenvalue weighted by Crippen LogP contribution is 2.24. The summed E-state index contributed by atoms with van der Waals surface area (Å²) in [5, 5.41) is 5.77. The van der Waals surface area contributed by atoms with E-state index in [0.29, 0.717) is 12.1 Å². The van der Waals surface area contributed by atoms with Gasteiger partial charge in [-0.15, -0.1) is 23.1 Å². The normalized spacial score (nSPS) is 14.4. The third-order valence-corrected chi connectivity index (χ3v) is 4.88. The lowest BCUT2D eigenvalue weighted by Gasteiger charge is -2.19. The van der Waals surface area contributed by atoms with Crippen LogP contribution in [-0.4, -0.2) is 6.26 Å². The van der Waals surface area contributed by atoms with E-state index in [1.165, 1.54) is 15.3 Å². The summed E-state index contributed by atoms with van der Waals surface area (Å²) >= 11 is 3.59. The van der Waals surface area contributed by atoms with Crippen molar-refractivity contribution in [3.63, 3.8) is 0 Å². The van der Waals surface area contributed by atoms with Gasteiger partial charge in [-0.2, -0.15) is 0 Å². The number of hydrogen-bond acceptors (Lipinski definition) is 3. The molecule has 0 radical (unpaired) electrons. The van der Waals surface area contributed by atoms with E-state index >= 15 is 0 Å². The smallest absolute Gasteiger partial charge is 0.0391 e. The van der Waals surface area contributed by atoms with Crippen molar-refractivity contribution in [1.29, 1.82) is 0 Å². The number of thioether (sulfide) groups is 1. The van der Waals surface area contributed by atoms with Gasteiger partial charge < -0.3 is 5.32 Å². The van der Waals surface area contributed by atoms with Gasteiger partial charge in [0.2, 0.25) is 0 Å². The van der Waals surface area contributed by atoms with E-state index < -0.39 is 0 Å². The van der Waals surface area contributed by atoms with Crippen LogP contribution in [0, 0.1) is 0 Å². The molecular formula is C15H19NS2. The van der Waals surface area contributed by atoms with Crippen LogP contribution in [0.2, 0.25) is 0 Å². The number of benzene rings is 1. The number of rotatable bonds is 5. The minimum Gasteiger partial charge on any atom is -0.303 e. The molecule has 18 heavy (non-hydrogen) atoms. The maximum atomic E-state index is 3.64. The molecule has 2 rings (SSSR count). The molecule has 0 amide bonds. The largest absolute Gasteiger partial charge is 0.303 e. The Morgan fingerprint density at radius 3 is 2.33 bits per heavy atom.